The molecule has 0 bridgehead atoms. The predicted molar refractivity (Wildman–Crippen MR) is 61.9 cm³/mol. The number of aliphatic hydroxyl groups excluding tert-OH is 1. The Hall–Kier alpha value is -1.09. The van der Waals surface area contributed by atoms with E-state index < -0.39 is 6.36 Å². The van der Waals surface area contributed by atoms with Crippen molar-refractivity contribution >= 4 is 0 Å². The van der Waals surface area contributed by atoms with Gasteiger partial charge in [0, 0.05) is 5.56 Å². The predicted octanol–water partition coefficient (Wildman–Crippen LogP) is 2.95. The number of ether oxygens (including phenoxy) is 1. The van der Waals surface area contributed by atoms with E-state index in [2.05, 4.69) is 13.8 Å². The number of halogens is 1. The van der Waals surface area contributed by atoms with E-state index >= 15 is 0 Å². The maximum Gasteiger partial charge on any atom is 0.204 e. The molecule has 0 aliphatic heterocycles. The molecule has 0 aliphatic rings. The van der Waals surface area contributed by atoms with Crippen molar-refractivity contribution in [2.45, 2.75) is 26.6 Å². The second kappa shape index (κ2) is 6.48. The zero-order chi connectivity index (χ0) is 12.0. The van der Waals surface area contributed by atoms with Gasteiger partial charge in [-0.2, -0.15) is 0 Å². The number of hydrogen-bond donors (Lipinski definition) is 1. The van der Waals surface area contributed by atoms with E-state index in [4.69, 9.17) is 9.84 Å². The maximum atomic E-state index is 12.5. The Kier molecular flexibility index (Phi) is 5.26. The third kappa shape index (κ3) is 4.62. The van der Waals surface area contributed by atoms with Gasteiger partial charge in [-0.15, -0.1) is 0 Å². The summed E-state index contributed by atoms with van der Waals surface area (Å²) in [6.45, 7) is 4.84. The topological polar surface area (TPSA) is 29.5 Å². The number of benzene rings is 1. The molecule has 16 heavy (non-hydrogen) atoms. The van der Waals surface area contributed by atoms with E-state index in [0.717, 1.165) is 12.8 Å². The molecule has 1 radical (unpaired) electrons. The van der Waals surface area contributed by atoms with E-state index in [1.807, 2.05) is 6.07 Å². The van der Waals surface area contributed by atoms with Crippen LogP contribution in [-0.4, -0.2) is 18.1 Å². The molecule has 0 aromatic heterocycles. The number of alkyl halides is 1. The smallest absolute Gasteiger partial charge is 0.204 e. The van der Waals surface area contributed by atoms with Crippen LogP contribution >= 0.6 is 0 Å². The molecule has 2 nitrogen and oxygen atoms in total. The lowest BCUT2D eigenvalue weighted by molar-refractivity contribution is 0.0755. The third-order valence-electron chi connectivity index (χ3n) is 2.19. The number of aliphatic hydroxyl groups is 1. The zero-order valence-corrected chi connectivity index (χ0v) is 9.69. The van der Waals surface area contributed by atoms with Gasteiger partial charge in [0.15, 0.2) is 0 Å². The summed E-state index contributed by atoms with van der Waals surface area (Å²) in [6, 6.07) is 7.10. The molecule has 1 unspecified atom stereocenters. The molecule has 3 heteroatoms. The molecule has 1 rings (SSSR count). The third-order valence-corrected chi connectivity index (χ3v) is 2.19. The molecule has 0 heterocycles. The van der Waals surface area contributed by atoms with Gasteiger partial charge in [0.2, 0.25) is 6.36 Å². The van der Waals surface area contributed by atoms with Crippen LogP contribution in [0.4, 0.5) is 4.39 Å². The molecule has 1 aromatic rings. The van der Waals surface area contributed by atoms with Crippen LogP contribution in [0.2, 0.25) is 0 Å². The largest absolute Gasteiger partial charge is 0.493 e. The Labute approximate surface area is 96.1 Å². The molecular formula is C13H18FO2. The van der Waals surface area contributed by atoms with Gasteiger partial charge in [0.25, 0.3) is 0 Å². The van der Waals surface area contributed by atoms with E-state index in [1.54, 1.807) is 18.2 Å². The SMILES string of the molecule is CC(C)CCOc1ccccc1[CH]C(O)F. The minimum absolute atomic E-state index is 0.572. The van der Waals surface area contributed by atoms with Crippen molar-refractivity contribution in [3.8, 4) is 5.75 Å². The van der Waals surface area contributed by atoms with Crippen molar-refractivity contribution in [1.29, 1.82) is 0 Å². The summed E-state index contributed by atoms with van der Waals surface area (Å²) in [6.07, 6.45) is 0.131. The Morgan fingerprint density at radius 1 is 1.38 bits per heavy atom. The maximum absolute atomic E-state index is 12.5. The van der Waals surface area contributed by atoms with Crippen LogP contribution in [0, 0.1) is 12.3 Å². The van der Waals surface area contributed by atoms with Crippen LogP contribution in [-0.2, 0) is 0 Å². The Bertz CT molecular complexity index is 311. The molecule has 89 valence electrons. The standard InChI is InChI=1S/C13H18FO2/c1-10(2)7-8-16-12-6-4-3-5-11(12)9-13(14)15/h3-6,9-10,13,15H,7-8H2,1-2H3. The van der Waals surface area contributed by atoms with Crippen molar-refractivity contribution in [1.82, 2.24) is 0 Å². The van der Waals surface area contributed by atoms with E-state index in [9.17, 15) is 4.39 Å². The lowest BCUT2D eigenvalue weighted by Gasteiger charge is -2.12. The normalized spacial score (nSPS) is 12.8. The summed E-state index contributed by atoms with van der Waals surface area (Å²) >= 11 is 0. The summed E-state index contributed by atoms with van der Waals surface area (Å²) in [5.74, 6) is 1.18. The van der Waals surface area contributed by atoms with Gasteiger partial charge in [-0.3, -0.25) is 0 Å². The number of para-hydroxylation sites is 1. The summed E-state index contributed by atoms with van der Waals surface area (Å²) in [5.41, 5.74) is 0.584. The van der Waals surface area contributed by atoms with Crippen LogP contribution in [0.3, 0.4) is 0 Å². The summed E-state index contributed by atoms with van der Waals surface area (Å²) in [7, 11) is 0. The van der Waals surface area contributed by atoms with Crippen molar-refractivity contribution in [3.63, 3.8) is 0 Å². The summed E-state index contributed by atoms with van der Waals surface area (Å²) in [5, 5.41) is 8.67. The van der Waals surface area contributed by atoms with Gasteiger partial charge in [-0.05, 0) is 18.4 Å². The minimum Gasteiger partial charge on any atom is -0.493 e. The Balaban J connectivity index is 2.56. The molecule has 1 aromatic carbocycles. The average Bonchev–Trinajstić information content (AvgIpc) is 2.19. The monoisotopic (exact) mass is 225 g/mol. The molecule has 1 N–H and O–H groups in total. The van der Waals surface area contributed by atoms with E-state index in [-0.39, 0.29) is 0 Å². The zero-order valence-electron chi connectivity index (χ0n) is 9.69. The summed E-state index contributed by atoms with van der Waals surface area (Å²) in [4.78, 5) is 0. The van der Waals surface area contributed by atoms with Gasteiger partial charge in [0.1, 0.15) is 5.75 Å². The molecule has 0 saturated carbocycles. The van der Waals surface area contributed by atoms with Crippen LogP contribution in [0.1, 0.15) is 25.8 Å². The van der Waals surface area contributed by atoms with Crippen molar-refractivity contribution in [3.05, 3.63) is 36.2 Å². The van der Waals surface area contributed by atoms with Gasteiger partial charge in [-0.1, -0.05) is 32.0 Å². The van der Waals surface area contributed by atoms with Crippen molar-refractivity contribution < 1.29 is 14.2 Å². The second-order valence-electron chi connectivity index (χ2n) is 4.11. The quantitative estimate of drug-likeness (QED) is 0.806. The fraction of sp³-hybridized carbons (Fsp3) is 0.462. The molecule has 0 amide bonds. The highest BCUT2D eigenvalue weighted by atomic mass is 19.1. The minimum atomic E-state index is -1.95. The lowest BCUT2D eigenvalue weighted by Crippen LogP contribution is -2.05. The highest BCUT2D eigenvalue weighted by Crippen LogP contribution is 2.21. The molecule has 1 atom stereocenters. The molecule has 0 aliphatic carbocycles. The van der Waals surface area contributed by atoms with Gasteiger partial charge < -0.3 is 9.84 Å². The lowest BCUT2D eigenvalue weighted by atomic mass is 10.1. The van der Waals surface area contributed by atoms with Crippen molar-refractivity contribution in [2.24, 2.45) is 5.92 Å². The first-order valence-electron chi connectivity index (χ1n) is 5.48. The highest BCUT2D eigenvalue weighted by molar-refractivity contribution is 5.38. The van der Waals surface area contributed by atoms with Crippen LogP contribution in [0.5, 0.6) is 5.75 Å². The molecule has 0 fully saturated rings. The van der Waals surface area contributed by atoms with Crippen LogP contribution in [0.25, 0.3) is 0 Å². The van der Waals surface area contributed by atoms with Gasteiger partial charge in [0.05, 0.1) is 13.0 Å². The molecule has 0 spiro atoms. The first kappa shape index (κ1) is 13.0. The molecular weight excluding hydrogens is 207 g/mol. The number of hydrogen-bond acceptors (Lipinski definition) is 2. The van der Waals surface area contributed by atoms with Crippen molar-refractivity contribution in [2.75, 3.05) is 6.61 Å². The van der Waals surface area contributed by atoms with Gasteiger partial charge in [-0.25, -0.2) is 4.39 Å². The first-order chi connectivity index (χ1) is 7.59. The molecule has 0 saturated heterocycles. The van der Waals surface area contributed by atoms with Gasteiger partial charge >= 0.3 is 0 Å². The fourth-order valence-electron chi connectivity index (χ4n) is 1.30. The van der Waals surface area contributed by atoms with Crippen LogP contribution < -0.4 is 4.74 Å². The second-order valence-corrected chi connectivity index (χ2v) is 4.11. The van der Waals surface area contributed by atoms with E-state index in [0.29, 0.717) is 23.8 Å². The Morgan fingerprint density at radius 2 is 2.06 bits per heavy atom. The highest BCUT2D eigenvalue weighted by Gasteiger charge is 2.08. The van der Waals surface area contributed by atoms with Crippen LogP contribution in [0.15, 0.2) is 24.3 Å². The average molecular weight is 225 g/mol. The number of rotatable bonds is 6. The fourth-order valence-corrected chi connectivity index (χ4v) is 1.30. The summed E-state index contributed by atoms with van der Waals surface area (Å²) < 4.78 is 18.0. The Morgan fingerprint density at radius 3 is 2.69 bits per heavy atom. The first-order valence-corrected chi connectivity index (χ1v) is 5.48. The van der Waals surface area contributed by atoms with E-state index in [1.165, 1.54) is 0 Å².